The molecule has 2 rings (SSSR count). The molecule has 0 aliphatic heterocycles. The maximum atomic E-state index is 5.09. The van der Waals surface area contributed by atoms with Crippen molar-refractivity contribution in [2.24, 2.45) is 4.99 Å². The van der Waals surface area contributed by atoms with E-state index in [9.17, 15) is 0 Å². The molecule has 70 valence electrons. The second kappa shape index (κ2) is 4.58. The molecule has 0 saturated carbocycles. The Balaban J connectivity index is 1.94. The van der Waals surface area contributed by atoms with E-state index in [4.69, 9.17) is 4.42 Å². The van der Waals surface area contributed by atoms with Crippen molar-refractivity contribution in [2.45, 2.75) is 0 Å². The summed E-state index contributed by atoms with van der Waals surface area (Å²) in [5.41, 5.74) is 0. The van der Waals surface area contributed by atoms with Crippen LogP contribution in [0.1, 0.15) is 10.6 Å². The van der Waals surface area contributed by atoms with Gasteiger partial charge in [0.1, 0.15) is 5.76 Å². The van der Waals surface area contributed by atoms with Crippen molar-refractivity contribution in [3.8, 4) is 0 Å². The Bertz CT molecular complexity index is 370. The molecule has 0 atom stereocenters. The van der Waals surface area contributed by atoms with Crippen LogP contribution in [0, 0.1) is 0 Å². The highest BCUT2D eigenvalue weighted by Crippen LogP contribution is 2.09. The van der Waals surface area contributed by atoms with Gasteiger partial charge < -0.3 is 4.42 Å². The normalized spacial score (nSPS) is 11.7. The minimum atomic E-state index is 0.765. The smallest absolute Gasteiger partial charge is 0.144 e. The minimum absolute atomic E-state index is 0.765. The molecule has 0 radical (unpaired) electrons. The van der Waals surface area contributed by atoms with Crippen LogP contribution in [0.25, 0.3) is 6.08 Å². The van der Waals surface area contributed by atoms with Crippen molar-refractivity contribution >= 4 is 23.6 Å². The predicted molar refractivity (Wildman–Crippen MR) is 59.7 cm³/mol. The fourth-order valence-corrected chi connectivity index (χ4v) is 1.59. The van der Waals surface area contributed by atoms with Gasteiger partial charge in [0.2, 0.25) is 0 Å². The SMILES string of the molecule is C(=N/C=C/c1cccs1)c1ccco1. The Hall–Kier alpha value is -1.61. The van der Waals surface area contributed by atoms with Crippen molar-refractivity contribution in [1.82, 2.24) is 0 Å². The molecule has 0 spiro atoms. The highest BCUT2D eigenvalue weighted by molar-refractivity contribution is 7.10. The van der Waals surface area contributed by atoms with Crippen molar-refractivity contribution in [3.05, 3.63) is 52.7 Å². The van der Waals surface area contributed by atoms with E-state index >= 15 is 0 Å². The monoisotopic (exact) mass is 203 g/mol. The van der Waals surface area contributed by atoms with Crippen LogP contribution in [0.2, 0.25) is 0 Å². The average molecular weight is 203 g/mol. The van der Waals surface area contributed by atoms with Crippen LogP contribution in [-0.4, -0.2) is 6.21 Å². The van der Waals surface area contributed by atoms with Crippen LogP contribution in [0.3, 0.4) is 0 Å². The summed E-state index contributed by atoms with van der Waals surface area (Å²) in [6, 6.07) is 7.76. The molecule has 0 unspecified atom stereocenters. The molecule has 0 N–H and O–H groups in total. The third-order valence-electron chi connectivity index (χ3n) is 1.61. The number of rotatable bonds is 3. The molecule has 3 heteroatoms. The van der Waals surface area contributed by atoms with Gasteiger partial charge in [-0.05, 0) is 29.7 Å². The third-order valence-corrected chi connectivity index (χ3v) is 2.45. The molecule has 14 heavy (non-hydrogen) atoms. The van der Waals surface area contributed by atoms with Gasteiger partial charge in [-0.3, -0.25) is 4.99 Å². The molecule has 2 aromatic heterocycles. The van der Waals surface area contributed by atoms with E-state index in [0.29, 0.717) is 0 Å². The fraction of sp³-hybridized carbons (Fsp3) is 0. The summed E-state index contributed by atoms with van der Waals surface area (Å²) in [6.07, 6.45) is 7.03. The van der Waals surface area contributed by atoms with Crippen LogP contribution >= 0.6 is 11.3 Å². The van der Waals surface area contributed by atoms with E-state index in [1.807, 2.05) is 35.7 Å². The lowest BCUT2D eigenvalue weighted by Crippen LogP contribution is -1.70. The van der Waals surface area contributed by atoms with Crippen molar-refractivity contribution in [3.63, 3.8) is 0 Å². The second-order valence-electron chi connectivity index (χ2n) is 2.62. The van der Waals surface area contributed by atoms with Crippen LogP contribution in [0.5, 0.6) is 0 Å². The molecule has 2 nitrogen and oxygen atoms in total. The Labute approximate surface area is 86.2 Å². The fourth-order valence-electron chi connectivity index (χ4n) is 0.984. The first-order valence-electron chi connectivity index (χ1n) is 4.22. The van der Waals surface area contributed by atoms with E-state index in [0.717, 1.165) is 5.76 Å². The number of nitrogens with zero attached hydrogens (tertiary/aromatic N) is 1. The summed E-state index contributed by atoms with van der Waals surface area (Å²) >= 11 is 1.69. The topological polar surface area (TPSA) is 25.5 Å². The van der Waals surface area contributed by atoms with E-state index in [1.54, 1.807) is 30.0 Å². The molecule has 0 saturated heterocycles. The van der Waals surface area contributed by atoms with Crippen molar-refractivity contribution in [1.29, 1.82) is 0 Å². The maximum Gasteiger partial charge on any atom is 0.144 e. The first-order chi connectivity index (χ1) is 6.95. The van der Waals surface area contributed by atoms with E-state index in [-0.39, 0.29) is 0 Å². The summed E-state index contributed by atoms with van der Waals surface area (Å²) < 4.78 is 5.09. The third kappa shape index (κ3) is 2.44. The number of furan rings is 1. The molecule has 2 heterocycles. The lowest BCUT2D eigenvalue weighted by atomic mass is 10.4. The average Bonchev–Trinajstić information content (AvgIpc) is 2.86. The number of thiophene rings is 1. The van der Waals surface area contributed by atoms with Gasteiger partial charge in [0.05, 0.1) is 12.5 Å². The van der Waals surface area contributed by atoms with Gasteiger partial charge in [-0.1, -0.05) is 6.07 Å². The lowest BCUT2D eigenvalue weighted by molar-refractivity contribution is 0.560. The predicted octanol–water partition coefficient (Wildman–Crippen LogP) is 3.43. The van der Waals surface area contributed by atoms with Crippen molar-refractivity contribution in [2.75, 3.05) is 0 Å². The Kier molecular flexibility index (Phi) is 2.93. The summed E-state index contributed by atoms with van der Waals surface area (Å²) in [6.45, 7) is 0. The first kappa shape index (κ1) is 8.97. The van der Waals surface area contributed by atoms with Crippen LogP contribution in [-0.2, 0) is 0 Å². The van der Waals surface area contributed by atoms with Gasteiger partial charge in [0.15, 0.2) is 0 Å². The molecular formula is C11H9NOS. The Morgan fingerprint density at radius 3 is 3.00 bits per heavy atom. The molecule has 0 aliphatic carbocycles. The zero-order valence-electron chi connectivity index (χ0n) is 7.46. The van der Waals surface area contributed by atoms with Crippen LogP contribution in [0.4, 0.5) is 0 Å². The van der Waals surface area contributed by atoms with E-state index in [1.165, 1.54) is 4.88 Å². The summed E-state index contributed by atoms with van der Waals surface area (Å²) in [7, 11) is 0. The van der Waals surface area contributed by atoms with Crippen LogP contribution < -0.4 is 0 Å². The number of hydrogen-bond acceptors (Lipinski definition) is 3. The molecule has 0 aromatic carbocycles. The number of aliphatic imine (C=N–C) groups is 1. The Morgan fingerprint density at radius 1 is 1.29 bits per heavy atom. The minimum Gasteiger partial charge on any atom is -0.463 e. The molecular weight excluding hydrogens is 194 g/mol. The van der Waals surface area contributed by atoms with Gasteiger partial charge >= 0.3 is 0 Å². The first-order valence-corrected chi connectivity index (χ1v) is 5.10. The Morgan fingerprint density at radius 2 is 2.29 bits per heavy atom. The number of hydrogen-bond donors (Lipinski definition) is 0. The standard InChI is InChI=1S/C11H9NOS/c1-3-10(13-7-1)9-12-6-5-11-4-2-8-14-11/h1-9H/b6-5+,12-9?. The van der Waals surface area contributed by atoms with Gasteiger partial charge in [0.25, 0.3) is 0 Å². The zero-order valence-corrected chi connectivity index (χ0v) is 8.28. The van der Waals surface area contributed by atoms with Gasteiger partial charge in [0, 0.05) is 11.1 Å². The quantitative estimate of drug-likeness (QED) is 0.701. The largest absolute Gasteiger partial charge is 0.463 e. The highest BCUT2D eigenvalue weighted by Gasteiger charge is 1.86. The molecule has 0 aliphatic rings. The summed E-state index contributed by atoms with van der Waals surface area (Å²) in [5, 5.41) is 2.04. The van der Waals surface area contributed by atoms with E-state index in [2.05, 4.69) is 4.99 Å². The lowest BCUT2D eigenvalue weighted by Gasteiger charge is -1.81. The van der Waals surface area contributed by atoms with Gasteiger partial charge in [-0.2, -0.15) is 0 Å². The molecule has 0 bridgehead atoms. The molecule has 0 amide bonds. The summed E-state index contributed by atoms with van der Waals surface area (Å²) in [5.74, 6) is 0.765. The van der Waals surface area contributed by atoms with E-state index < -0.39 is 0 Å². The van der Waals surface area contributed by atoms with Gasteiger partial charge in [-0.25, -0.2) is 0 Å². The molecule has 0 fully saturated rings. The zero-order chi connectivity index (χ0) is 9.64. The highest BCUT2D eigenvalue weighted by atomic mass is 32.1. The van der Waals surface area contributed by atoms with Crippen molar-refractivity contribution < 1.29 is 4.42 Å². The summed E-state index contributed by atoms with van der Waals surface area (Å²) in [4.78, 5) is 5.29. The maximum absolute atomic E-state index is 5.09. The second-order valence-corrected chi connectivity index (χ2v) is 3.60. The molecule has 2 aromatic rings. The van der Waals surface area contributed by atoms with Gasteiger partial charge in [-0.15, -0.1) is 11.3 Å². The van der Waals surface area contributed by atoms with Crippen LogP contribution in [0.15, 0.2) is 51.5 Å².